The van der Waals surface area contributed by atoms with Crippen LogP contribution in [-0.4, -0.2) is 25.0 Å². The molecule has 2 aliphatic carbocycles. The van der Waals surface area contributed by atoms with E-state index in [4.69, 9.17) is 10.00 Å². The van der Waals surface area contributed by atoms with Gasteiger partial charge < -0.3 is 10.1 Å². The van der Waals surface area contributed by atoms with Crippen molar-refractivity contribution in [1.29, 1.82) is 5.26 Å². The molecule has 0 aliphatic heterocycles. The molecule has 4 atom stereocenters. The van der Waals surface area contributed by atoms with E-state index in [1.165, 1.54) is 7.11 Å². The van der Waals surface area contributed by atoms with E-state index in [0.717, 1.165) is 19.3 Å². The summed E-state index contributed by atoms with van der Waals surface area (Å²) in [7, 11) is 1.40. The van der Waals surface area contributed by atoms with Crippen LogP contribution >= 0.6 is 0 Å². The van der Waals surface area contributed by atoms with Gasteiger partial charge in [-0.25, -0.2) is 0 Å². The van der Waals surface area contributed by atoms with Crippen molar-refractivity contribution in [2.45, 2.75) is 25.3 Å². The Balaban J connectivity index is 1.74. The minimum absolute atomic E-state index is 0.144. The van der Waals surface area contributed by atoms with Gasteiger partial charge in [-0.1, -0.05) is 0 Å². The van der Waals surface area contributed by atoms with E-state index in [0.29, 0.717) is 23.0 Å². The number of rotatable bonds is 3. The molecule has 5 heteroatoms. The number of methoxy groups -OCH3 is 1. The van der Waals surface area contributed by atoms with E-state index in [9.17, 15) is 9.59 Å². The minimum Gasteiger partial charge on any atom is -0.469 e. The van der Waals surface area contributed by atoms with Crippen LogP contribution in [0.3, 0.4) is 0 Å². The highest BCUT2D eigenvalue weighted by atomic mass is 16.5. The van der Waals surface area contributed by atoms with E-state index >= 15 is 0 Å². The van der Waals surface area contributed by atoms with Crippen LogP contribution in [0.5, 0.6) is 0 Å². The summed E-state index contributed by atoms with van der Waals surface area (Å²) < 4.78 is 4.91. The molecule has 2 fully saturated rings. The zero-order valence-corrected chi connectivity index (χ0v) is 12.4. The number of nitrogens with one attached hydrogen (secondary N) is 1. The monoisotopic (exact) mass is 298 g/mol. The van der Waals surface area contributed by atoms with Gasteiger partial charge in [-0.15, -0.1) is 0 Å². The maximum absolute atomic E-state index is 12.4. The maximum Gasteiger partial charge on any atom is 0.311 e. The van der Waals surface area contributed by atoms with Gasteiger partial charge in [0.15, 0.2) is 0 Å². The molecule has 1 aromatic carbocycles. The number of ether oxygens (including phenoxy) is 1. The first-order chi connectivity index (χ1) is 10.6. The van der Waals surface area contributed by atoms with Crippen molar-refractivity contribution in [2.75, 3.05) is 7.11 Å². The molecule has 5 nitrogen and oxygen atoms in total. The van der Waals surface area contributed by atoms with Crippen LogP contribution in [0.4, 0.5) is 0 Å². The number of benzene rings is 1. The Labute approximate surface area is 129 Å². The van der Waals surface area contributed by atoms with Gasteiger partial charge in [0, 0.05) is 11.6 Å². The third-order valence-corrected chi connectivity index (χ3v) is 4.96. The number of nitriles is 1. The summed E-state index contributed by atoms with van der Waals surface area (Å²) in [6, 6.07) is 8.38. The van der Waals surface area contributed by atoms with Crippen LogP contribution in [0, 0.1) is 29.1 Å². The average Bonchev–Trinajstić information content (AvgIpc) is 3.15. The summed E-state index contributed by atoms with van der Waals surface area (Å²) in [4.78, 5) is 24.4. The van der Waals surface area contributed by atoms with E-state index in [-0.39, 0.29) is 23.8 Å². The highest BCUT2D eigenvalue weighted by molar-refractivity contribution is 5.95. The van der Waals surface area contributed by atoms with E-state index in [1.807, 2.05) is 6.07 Å². The first-order valence-corrected chi connectivity index (χ1v) is 7.53. The minimum atomic E-state index is -0.230. The smallest absolute Gasteiger partial charge is 0.311 e. The summed E-state index contributed by atoms with van der Waals surface area (Å²) in [6.45, 7) is 0. The van der Waals surface area contributed by atoms with Crippen molar-refractivity contribution < 1.29 is 14.3 Å². The molecule has 1 amide bonds. The number of hydrogen-bond acceptors (Lipinski definition) is 4. The summed E-state index contributed by atoms with van der Waals surface area (Å²) >= 11 is 0. The van der Waals surface area contributed by atoms with Crippen molar-refractivity contribution in [2.24, 2.45) is 17.8 Å². The third-order valence-electron chi connectivity index (χ3n) is 4.96. The number of nitrogens with zero attached hydrogens (tertiary/aromatic N) is 1. The number of esters is 1. The molecule has 2 aliphatic rings. The van der Waals surface area contributed by atoms with E-state index in [1.54, 1.807) is 24.3 Å². The largest absolute Gasteiger partial charge is 0.469 e. The molecular formula is C17H18N2O3. The van der Waals surface area contributed by atoms with Crippen molar-refractivity contribution in [3.05, 3.63) is 35.4 Å². The lowest BCUT2D eigenvalue weighted by Gasteiger charge is -2.29. The van der Waals surface area contributed by atoms with Gasteiger partial charge in [0.25, 0.3) is 5.91 Å². The van der Waals surface area contributed by atoms with E-state index in [2.05, 4.69) is 5.32 Å². The lowest BCUT2D eigenvalue weighted by molar-refractivity contribution is -0.148. The molecule has 0 unspecified atom stereocenters. The van der Waals surface area contributed by atoms with Gasteiger partial charge in [-0.3, -0.25) is 9.59 Å². The van der Waals surface area contributed by atoms with Crippen LogP contribution in [0.25, 0.3) is 0 Å². The molecule has 1 aromatic rings. The number of carbonyl (C=O) groups is 2. The van der Waals surface area contributed by atoms with Gasteiger partial charge in [0.1, 0.15) is 0 Å². The molecule has 0 spiro atoms. The molecule has 0 aromatic heterocycles. The summed E-state index contributed by atoms with van der Waals surface area (Å²) in [5, 5.41) is 11.8. The highest BCUT2D eigenvalue weighted by Gasteiger charge is 2.52. The Kier molecular flexibility index (Phi) is 3.84. The third kappa shape index (κ3) is 2.45. The lowest BCUT2D eigenvalue weighted by Crippen LogP contribution is -2.47. The molecule has 0 radical (unpaired) electrons. The zero-order valence-electron chi connectivity index (χ0n) is 12.4. The summed E-state index contributed by atoms with van der Waals surface area (Å²) in [5.41, 5.74) is 1.02. The molecule has 3 rings (SSSR count). The number of carbonyl (C=O) groups excluding carboxylic acids is 2. The Bertz CT molecular complexity index is 632. The topological polar surface area (TPSA) is 79.2 Å². The Hall–Kier alpha value is -2.35. The quantitative estimate of drug-likeness (QED) is 0.864. The molecule has 0 saturated heterocycles. The molecular weight excluding hydrogens is 280 g/mol. The van der Waals surface area contributed by atoms with Crippen LogP contribution in [-0.2, 0) is 9.53 Å². The molecule has 114 valence electrons. The second kappa shape index (κ2) is 5.80. The van der Waals surface area contributed by atoms with Crippen molar-refractivity contribution in [3.8, 4) is 6.07 Å². The normalized spacial score (nSPS) is 28.9. The number of hydrogen-bond donors (Lipinski definition) is 1. The van der Waals surface area contributed by atoms with Gasteiger partial charge >= 0.3 is 5.97 Å². The maximum atomic E-state index is 12.4. The first kappa shape index (κ1) is 14.6. The van der Waals surface area contributed by atoms with Crippen molar-refractivity contribution in [1.82, 2.24) is 5.32 Å². The standard InChI is InChI=1S/C17H18N2O3/c1-22-17(21)14-12-6-7-13(8-12)15(14)19-16(20)11-4-2-10(9-18)3-5-11/h2-5,12-15H,6-8H2,1H3,(H,19,20)/t12-,13-,14+,15-/m0/s1. The van der Waals surface area contributed by atoms with Gasteiger partial charge in [-0.05, 0) is 55.4 Å². The Morgan fingerprint density at radius 1 is 1.23 bits per heavy atom. The Morgan fingerprint density at radius 2 is 1.91 bits per heavy atom. The van der Waals surface area contributed by atoms with Crippen LogP contribution in [0.15, 0.2) is 24.3 Å². The lowest BCUT2D eigenvalue weighted by atomic mass is 9.84. The van der Waals surface area contributed by atoms with Crippen LogP contribution < -0.4 is 5.32 Å². The first-order valence-electron chi connectivity index (χ1n) is 7.53. The predicted molar refractivity (Wildman–Crippen MR) is 78.7 cm³/mol. The fourth-order valence-corrected chi connectivity index (χ4v) is 3.91. The zero-order chi connectivity index (χ0) is 15.7. The molecule has 22 heavy (non-hydrogen) atoms. The van der Waals surface area contributed by atoms with Gasteiger partial charge in [-0.2, -0.15) is 5.26 Å². The van der Waals surface area contributed by atoms with Gasteiger partial charge in [0.2, 0.25) is 0 Å². The average molecular weight is 298 g/mol. The van der Waals surface area contributed by atoms with Crippen LogP contribution in [0.1, 0.15) is 35.2 Å². The summed E-state index contributed by atoms with van der Waals surface area (Å²) in [5.74, 6) is 0.0273. The molecule has 2 bridgehead atoms. The Morgan fingerprint density at radius 3 is 2.55 bits per heavy atom. The molecule has 1 N–H and O–H groups in total. The van der Waals surface area contributed by atoms with Crippen molar-refractivity contribution >= 4 is 11.9 Å². The number of fused-ring (bicyclic) bond motifs is 2. The van der Waals surface area contributed by atoms with E-state index < -0.39 is 0 Å². The fraction of sp³-hybridized carbons (Fsp3) is 0.471. The fourth-order valence-electron chi connectivity index (χ4n) is 3.91. The SMILES string of the molecule is COC(=O)[C@@H]1[C@H]2CC[C@@H](C2)[C@@H]1NC(=O)c1ccc(C#N)cc1. The molecule has 2 saturated carbocycles. The van der Waals surface area contributed by atoms with Crippen molar-refractivity contribution in [3.63, 3.8) is 0 Å². The second-order valence-corrected chi connectivity index (χ2v) is 6.07. The summed E-state index contributed by atoms with van der Waals surface area (Å²) in [6.07, 6.45) is 3.07. The van der Waals surface area contributed by atoms with Gasteiger partial charge in [0.05, 0.1) is 24.7 Å². The van der Waals surface area contributed by atoms with Crippen LogP contribution in [0.2, 0.25) is 0 Å². The second-order valence-electron chi connectivity index (χ2n) is 6.07. The molecule has 0 heterocycles. The number of amides is 1. The highest BCUT2D eigenvalue weighted by Crippen LogP contribution is 2.49. The predicted octanol–water partition coefficient (Wildman–Crippen LogP) is 1.88.